The van der Waals surface area contributed by atoms with Gasteiger partial charge in [0.25, 0.3) is 0 Å². The second-order valence-electron chi connectivity index (χ2n) is 4.02. The van der Waals surface area contributed by atoms with Crippen LogP contribution in [-0.4, -0.2) is 36.8 Å². The molecule has 0 bridgehead atoms. The summed E-state index contributed by atoms with van der Waals surface area (Å²) in [6.45, 7) is 2.29. The number of nitrogens with zero attached hydrogens (tertiary/aromatic N) is 3. The standard InChI is InChI=1S/C11H18IN3/c1-12(2)10-4-8-15(9-5-10)11-13-6-3-7-14-11/h3,6-7,10H,4-5,8-9H2,1-2H3. The second kappa shape index (κ2) is 5.09. The zero-order chi connectivity index (χ0) is 10.7. The van der Waals surface area contributed by atoms with Crippen LogP contribution in [0.25, 0.3) is 0 Å². The van der Waals surface area contributed by atoms with Gasteiger partial charge in [-0.1, -0.05) is 0 Å². The van der Waals surface area contributed by atoms with Crippen LogP contribution in [0.15, 0.2) is 18.5 Å². The molecular formula is C11H18IN3. The molecule has 0 unspecified atom stereocenters. The van der Waals surface area contributed by atoms with Crippen molar-refractivity contribution >= 4 is 25.8 Å². The molecule has 1 aliphatic rings. The first-order chi connectivity index (χ1) is 7.27. The van der Waals surface area contributed by atoms with E-state index in [2.05, 4.69) is 24.7 Å². The predicted molar refractivity (Wildman–Crippen MR) is 73.1 cm³/mol. The van der Waals surface area contributed by atoms with Gasteiger partial charge in [0.1, 0.15) is 0 Å². The summed E-state index contributed by atoms with van der Waals surface area (Å²) in [5, 5.41) is 0. The van der Waals surface area contributed by atoms with E-state index in [0.717, 1.165) is 23.0 Å². The summed E-state index contributed by atoms with van der Waals surface area (Å²) in [7, 11) is 0. The van der Waals surface area contributed by atoms with Crippen LogP contribution < -0.4 is 4.90 Å². The third-order valence-electron chi connectivity index (χ3n) is 2.88. The second-order valence-corrected chi connectivity index (χ2v) is 10.4. The van der Waals surface area contributed by atoms with Crippen molar-refractivity contribution in [2.24, 2.45) is 0 Å². The average Bonchev–Trinajstić information content (AvgIpc) is 2.30. The monoisotopic (exact) mass is 319 g/mol. The zero-order valence-electron chi connectivity index (χ0n) is 9.36. The van der Waals surface area contributed by atoms with E-state index in [9.17, 15) is 0 Å². The van der Waals surface area contributed by atoms with E-state index in [1.54, 1.807) is 0 Å². The molecule has 2 heterocycles. The summed E-state index contributed by atoms with van der Waals surface area (Å²) in [5.41, 5.74) is 0. The minimum atomic E-state index is -0.601. The summed E-state index contributed by atoms with van der Waals surface area (Å²) in [5.74, 6) is 0.906. The van der Waals surface area contributed by atoms with Gasteiger partial charge >= 0.3 is 98.8 Å². The van der Waals surface area contributed by atoms with Gasteiger partial charge in [-0.25, -0.2) is 0 Å². The number of piperidine rings is 1. The first-order valence-corrected chi connectivity index (χ1v) is 10.8. The fourth-order valence-electron chi connectivity index (χ4n) is 1.94. The Morgan fingerprint density at radius 2 is 1.80 bits per heavy atom. The summed E-state index contributed by atoms with van der Waals surface area (Å²) >= 11 is -0.601. The predicted octanol–water partition coefficient (Wildman–Crippen LogP) is 2.21. The average molecular weight is 319 g/mol. The molecule has 1 aromatic rings. The fraction of sp³-hybridized carbons (Fsp3) is 0.636. The van der Waals surface area contributed by atoms with Crippen molar-refractivity contribution < 1.29 is 0 Å². The van der Waals surface area contributed by atoms with Gasteiger partial charge in [-0.05, 0) is 0 Å². The van der Waals surface area contributed by atoms with E-state index in [1.807, 2.05) is 18.5 Å². The summed E-state index contributed by atoms with van der Waals surface area (Å²) in [6.07, 6.45) is 6.34. The number of rotatable bonds is 2. The molecule has 1 aliphatic heterocycles. The zero-order valence-corrected chi connectivity index (χ0v) is 11.5. The molecule has 1 saturated heterocycles. The van der Waals surface area contributed by atoms with Crippen molar-refractivity contribution in [1.82, 2.24) is 9.97 Å². The quantitative estimate of drug-likeness (QED) is 0.618. The number of hydrogen-bond donors (Lipinski definition) is 0. The first-order valence-electron chi connectivity index (χ1n) is 5.28. The van der Waals surface area contributed by atoms with E-state index >= 15 is 0 Å². The van der Waals surface area contributed by atoms with Crippen LogP contribution in [0.3, 0.4) is 0 Å². The molecule has 1 fully saturated rings. The Hall–Kier alpha value is -0.390. The van der Waals surface area contributed by atoms with Crippen LogP contribution in [0.5, 0.6) is 0 Å². The Kier molecular flexibility index (Phi) is 3.77. The van der Waals surface area contributed by atoms with Gasteiger partial charge in [0.05, 0.1) is 0 Å². The van der Waals surface area contributed by atoms with Crippen molar-refractivity contribution in [3.05, 3.63) is 18.5 Å². The van der Waals surface area contributed by atoms with Gasteiger partial charge in [0.15, 0.2) is 0 Å². The SMILES string of the molecule is CI(C)C1CCN(c2ncccn2)CC1. The van der Waals surface area contributed by atoms with Gasteiger partial charge in [-0.3, -0.25) is 0 Å². The Morgan fingerprint density at radius 1 is 1.20 bits per heavy atom. The molecule has 0 atom stereocenters. The number of hydrogen-bond acceptors (Lipinski definition) is 3. The number of halogens is 1. The molecular weight excluding hydrogens is 301 g/mol. The number of alkyl halides is 3. The van der Waals surface area contributed by atoms with Gasteiger partial charge in [0, 0.05) is 0 Å². The van der Waals surface area contributed by atoms with Crippen molar-refractivity contribution in [2.75, 3.05) is 27.9 Å². The van der Waals surface area contributed by atoms with Gasteiger partial charge in [-0.15, -0.1) is 0 Å². The third-order valence-corrected chi connectivity index (χ3v) is 7.65. The van der Waals surface area contributed by atoms with Crippen LogP contribution in [0, 0.1) is 0 Å². The summed E-state index contributed by atoms with van der Waals surface area (Å²) in [4.78, 5) is 15.9. The van der Waals surface area contributed by atoms with Crippen molar-refractivity contribution in [3.63, 3.8) is 0 Å². The molecule has 0 aromatic carbocycles. The molecule has 0 radical (unpaired) electrons. The van der Waals surface area contributed by atoms with E-state index in [0.29, 0.717) is 0 Å². The summed E-state index contributed by atoms with van der Waals surface area (Å²) < 4.78 is 1.04. The van der Waals surface area contributed by atoms with Crippen LogP contribution in [0.4, 0.5) is 5.95 Å². The van der Waals surface area contributed by atoms with Crippen molar-refractivity contribution in [2.45, 2.75) is 16.8 Å². The van der Waals surface area contributed by atoms with Crippen LogP contribution >= 0.6 is 19.8 Å². The maximum atomic E-state index is 4.30. The number of anilines is 1. The van der Waals surface area contributed by atoms with Crippen LogP contribution in [0.2, 0.25) is 0 Å². The molecule has 0 spiro atoms. The van der Waals surface area contributed by atoms with Crippen LogP contribution in [0.1, 0.15) is 12.8 Å². The third kappa shape index (κ3) is 2.80. The molecule has 3 nitrogen and oxygen atoms in total. The van der Waals surface area contributed by atoms with Gasteiger partial charge in [-0.2, -0.15) is 0 Å². The maximum absolute atomic E-state index is 4.30. The van der Waals surface area contributed by atoms with E-state index in [4.69, 9.17) is 0 Å². The Morgan fingerprint density at radius 3 is 2.33 bits per heavy atom. The first kappa shape index (κ1) is 11.1. The Bertz CT molecular complexity index is 294. The van der Waals surface area contributed by atoms with E-state index in [1.165, 1.54) is 12.8 Å². The fourth-order valence-corrected chi connectivity index (χ4v) is 4.99. The van der Waals surface area contributed by atoms with Crippen molar-refractivity contribution in [3.8, 4) is 0 Å². The van der Waals surface area contributed by atoms with E-state index in [-0.39, 0.29) is 0 Å². The normalized spacial score (nSPS) is 19.1. The minimum absolute atomic E-state index is 0.601. The topological polar surface area (TPSA) is 29.0 Å². The molecule has 0 N–H and O–H groups in total. The molecule has 4 heteroatoms. The van der Waals surface area contributed by atoms with Crippen molar-refractivity contribution in [1.29, 1.82) is 0 Å². The molecule has 1 aromatic heterocycles. The molecule has 0 amide bonds. The Balaban J connectivity index is 1.94. The Labute approximate surface area is 98.7 Å². The molecule has 0 saturated carbocycles. The van der Waals surface area contributed by atoms with E-state index < -0.39 is 19.8 Å². The molecule has 84 valence electrons. The molecule has 2 rings (SSSR count). The van der Waals surface area contributed by atoms with Gasteiger partial charge < -0.3 is 0 Å². The summed E-state index contributed by atoms with van der Waals surface area (Å²) in [6, 6.07) is 1.87. The number of aromatic nitrogens is 2. The van der Waals surface area contributed by atoms with Gasteiger partial charge in [0.2, 0.25) is 0 Å². The van der Waals surface area contributed by atoms with Crippen LogP contribution in [-0.2, 0) is 0 Å². The molecule has 0 aliphatic carbocycles. The molecule has 15 heavy (non-hydrogen) atoms.